The SMILES string of the molecule is CNC(CC1CC1)c1cc(OC)ncn1. The maximum absolute atomic E-state index is 5.09. The van der Waals surface area contributed by atoms with Crippen molar-refractivity contribution in [1.29, 1.82) is 0 Å². The molecular weight excluding hydrogens is 190 g/mol. The average molecular weight is 207 g/mol. The van der Waals surface area contributed by atoms with Gasteiger partial charge in [-0.15, -0.1) is 0 Å². The van der Waals surface area contributed by atoms with E-state index in [4.69, 9.17) is 4.74 Å². The first-order valence-electron chi connectivity index (χ1n) is 5.36. The second-order valence-electron chi connectivity index (χ2n) is 4.01. The van der Waals surface area contributed by atoms with Gasteiger partial charge >= 0.3 is 0 Å². The fourth-order valence-corrected chi connectivity index (χ4v) is 1.73. The Labute approximate surface area is 90.1 Å². The third-order valence-electron chi connectivity index (χ3n) is 2.84. The van der Waals surface area contributed by atoms with Crippen molar-refractivity contribution in [2.75, 3.05) is 14.2 Å². The maximum atomic E-state index is 5.09. The number of methoxy groups -OCH3 is 1. The van der Waals surface area contributed by atoms with E-state index in [9.17, 15) is 0 Å². The van der Waals surface area contributed by atoms with Crippen LogP contribution >= 0.6 is 0 Å². The second-order valence-corrected chi connectivity index (χ2v) is 4.01. The summed E-state index contributed by atoms with van der Waals surface area (Å²) in [5.74, 6) is 1.51. The van der Waals surface area contributed by atoms with Gasteiger partial charge in [-0.05, 0) is 19.4 Å². The predicted octanol–water partition coefficient (Wildman–Crippen LogP) is 1.55. The number of hydrogen-bond donors (Lipinski definition) is 1. The Balaban J connectivity index is 2.09. The van der Waals surface area contributed by atoms with Gasteiger partial charge in [0.2, 0.25) is 5.88 Å². The second kappa shape index (κ2) is 4.57. The van der Waals surface area contributed by atoms with Gasteiger partial charge in [-0.2, -0.15) is 0 Å². The Hall–Kier alpha value is -1.16. The van der Waals surface area contributed by atoms with Crippen LogP contribution in [0, 0.1) is 5.92 Å². The molecule has 0 saturated heterocycles. The van der Waals surface area contributed by atoms with E-state index in [1.807, 2.05) is 13.1 Å². The van der Waals surface area contributed by atoms with Crippen molar-refractivity contribution in [2.45, 2.75) is 25.3 Å². The van der Waals surface area contributed by atoms with Crippen LogP contribution < -0.4 is 10.1 Å². The summed E-state index contributed by atoms with van der Waals surface area (Å²) >= 11 is 0. The lowest BCUT2D eigenvalue weighted by Gasteiger charge is -2.15. The van der Waals surface area contributed by atoms with Gasteiger partial charge in [-0.1, -0.05) is 12.8 Å². The van der Waals surface area contributed by atoms with Crippen molar-refractivity contribution in [2.24, 2.45) is 5.92 Å². The van der Waals surface area contributed by atoms with Gasteiger partial charge < -0.3 is 10.1 Å². The fourth-order valence-electron chi connectivity index (χ4n) is 1.73. The van der Waals surface area contributed by atoms with Gasteiger partial charge in [0.15, 0.2) is 0 Å². The van der Waals surface area contributed by atoms with Gasteiger partial charge in [0, 0.05) is 12.1 Å². The standard InChI is InChI=1S/C11H17N3O/c1-12-9(5-8-3-4-8)10-6-11(15-2)14-7-13-10/h6-9,12H,3-5H2,1-2H3. The molecule has 4 heteroatoms. The van der Waals surface area contributed by atoms with Crippen LogP contribution in [0.3, 0.4) is 0 Å². The van der Waals surface area contributed by atoms with Crippen LogP contribution in [0.25, 0.3) is 0 Å². The Morgan fingerprint density at radius 3 is 2.93 bits per heavy atom. The summed E-state index contributed by atoms with van der Waals surface area (Å²) in [6, 6.07) is 2.23. The molecule has 2 rings (SSSR count). The summed E-state index contributed by atoms with van der Waals surface area (Å²) in [6.07, 6.45) is 5.45. The van der Waals surface area contributed by atoms with Crippen molar-refractivity contribution >= 4 is 0 Å². The number of rotatable bonds is 5. The van der Waals surface area contributed by atoms with Crippen molar-refractivity contribution in [1.82, 2.24) is 15.3 Å². The van der Waals surface area contributed by atoms with Crippen molar-refractivity contribution in [3.63, 3.8) is 0 Å². The molecule has 0 spiro atoms. The first kappa shape index (κ1) is 10.4. The number of ether oxygens (including phenoxy) is 1. The van der Waals surface area contributed by atoms with E-state index in [0.29, 0.717) is 11.9 Å². The van der Waals surface area contributed by atoms with Crippen LogP contribution in [0.1, 0.15) is 31.0 Å². The highest BCUT2D eigenvalue weighted by Gasteiger charge is 2.26. The van der Waals surface area contributed by atoms with Crippen LogP contribution in [0.15, 0.2) is 12.4 Å². The molecule has 0 aromatic carbocycles. The van der Waals surface area contributed by atoms with Gasteiger partial charge in [-0.25, -0.2) is 9.97 Å². The number of nitrogens with one attached hydrogen (secondary N) is 1. The molecule has 1 heterocycles. The molecule has 1 aromatic heterocycles. The highest BCUT2D eigenvalue weighted by Crippen LogP contribution is 2.37. The molecule has 1 atom stereocenters. The lowest BCUT2D eigenvalue weighted by molar-refractivity contribution is 0.393. The first-order valence-corrected chi connectivity index (χ1v) is 5.36. The van der Waals surface area contributed by atoms with Crippen LogP contribution in [0.5, 0.6) is 5.88 Å². The summed E-state index contributed by atoms with van der Waals surface area (Å²) in [6.45, 7) is 0. The van der Waals surface area contributed by atoms with Gasteiger partial charge in [-0.3, -0.25) is 0 Å². The monoisotopic (exact) mass is 207 g/mol. The molecule has 0 aliphatic heterocycles. The van der Waals surface area contributed by atoms with E-state index >= 15 is 0 Å². The number of nitrogens with zero attached hydrogens (tertiary/aromatic N) is 2. The Kier molecular flexibility index (Phi) is 3.16. The molecule has 0 bridgehead atoms. The molecule has 1 saturated carbocycles. The molecule has 15 heavy (non-hydrogen) atoms. The number of hydrogen-bond acceptors (Lipinski definition) is 4. The van der Waals surface area contributed by atoms with Gasteiger partial charge in [0.25, 0.3) is 0 Å². The zero-order valence-electron chi connectivity index (χ0n) is 9.23. The Morgan fingerprint density at radius 2 is 2.33 bits per heavy atom. The smallest absolute Gasteiger partial charge is 0.216 e. The molecule has 1 aromatic rings. The van der Waals surface area contributed by atoms with Crippen LogP contribution in [0.2, 0.25) is 0 Å². The van der Waals surface area contributed by atoms with Crippen molar-refractivity contribution in [3.05, 3.63) is 18.1 Å². The summed E-state index contributed by atoms with van der Waals surface area (Å²) in [5.41, 5.74) is 1.02. The van der Waals surface area contributed by atoms with Gasteiger partial charge in [0.05, 0.1) is 12.8 Å². The van der Waals surface area contributed by atoms with E-state index in [1.165, 1.54) is 12.8 Å². The van der Waals surface area contributed by atoms with Crippen LogP contribution in [-0.2, 0) is 0 Å². The minimum atomic E-state index is 0.328. The molecule has 1 fully saturated rings. The summed E-state index contributed by atoms with van der Waals surface area (Å²) < 4.78 is 5.09. The third-order valence-corrected chi connectivity index (χ3v) is 2.84. The molecule has 4 nitrogen and oxygen atoms in total. The highest BCUT2D eigenvalue weighted by atomic mass is 16.5. The molecule has 1 N–H and O–H groups in total. The van der Waals surface area contributed by atoms with E-state index in [2.05, 4.69) is 15.3 Å². The molecular formula is C11H17N3O. The lowest BCUT2D eigenvalue weighted by Crippen LogP contribution is -2.18. The fraction of sp³-hybridized carbons (Fsp3) is 0.636. The predicted molar refractivity (Wildman–Crippen MR) is 57.7 cm³/mol. The largest absolute Gasteiger partial charge is 0.481 e. The molecule has 0 amide bonds. The van der Waals surface area contributed by atoms with E-state index in [-0.39, 0.29) is 0 Å². The molecule has 0 radical (unpaired) electrons. The zero-order chi connectivity index (χ0) is 10.7. The summed E-state index contributed by atoms with van der Waals surface area (Å²) in [5, 5.41) is 3.30. The first-order chi connectivity index (χ1) is 7.33. The summed E-state index contributed by atoms with van der Waals surface area (Å²) in [7, 11) is 3.60. The van der Waals surface area contributed by atoms with Gasteiger partial charge in [0.1, 0.15) is 6.33 Å². The topological polar surface area (TPSA) is 47.0 Å². The number of aromatic nitrogens is 2. The van der Waals surface area contributed by atoms with E-state index in [1.54, 1.807) is 13.4 Å². The molecule has 1 unspecified atom stereocenters. The maximum Gasteiger partial charge on any atom is 0.216 e. The Bertz CT molecular complexity index is 325. The van der Waals surface area contributed by atoms with Crippen molar-refractivity contribution < 1.29 is 4.74 Å². The average Bonchev–Trinajstić information content (AvgIpc) is 3.10. The Morgan fingerprint density at radius 1 is 1.53 bits per heavy atom. The van der Waals surface area contributed by atoms with Crippen LogP contribution in [-0.4, -0.2) is 24.1 Å². The van der Waals surface area contributed by atoms with E-state index in [0.717, 1.165) is 18.0 Å². The molecule has 82 valence electrons. The minimum absolute atomic E-state index is 0.328. The van der Waals surface area contributed by atoms with Crippen molar-refractivity contribution in [3.8, 4) is 5.88 Å². The molecule has 1 aliphatic carbocycles. The molecule has 1 aliphatic rings. The highest BCUT2D eigenvalue weighted by molar-refractivity contribution is 5.16. The third kappa shape index (κ3) is 2.65. The normalized spacial score (nSPS) is 17.5. The zero-order valence-corrected chi connectivity index (χ0v) is 9.23. The minimum Gasteiger partial charge on any atom is -0.481 e. The quantitative estimate of drug-likeness (QED) is 0.795. The summed E-state index contributed by atoms with van der Waals surface area (Å²) in [4.78, 5) is 8.29. The lowest BCUT2D eigenvalue weighted by atomic mass is 10.1. The van der Waals surface area contributed by atoms with E-state index < -0.39 is 0 Å². The van der Waals surface area contributed by atoms with Crippen LogP contribution in [0.4, 0.5) is 0 Å².